The summed E-state index contributed by atoms with van der Waals surface area (Å²) < 4.78 is 25.2. The van der Waals surface area contributed by atoms with Crippen LogP contribution in [0.2, 0.25) is 0 Å². The molecule has 0 aromatic heterocycles. The fourth-order valence-electron chi connectivity index (χ4n) is 2.51. The Morgan fingerprint density at radius 1 is 1.15 bits per heavy atom. The van der Waals surface area contributed by atoms with Crippen LogP contribution >= 0.6 is 0 Å². The Labute approximate surface area is 121 Å². The van der Waals surface area contributed by atoms with Crippen molar-refractivity contribution in [2.75, 3.05) is 32.6 Å². The highest BCUT2D eigenvalue weighted by Gasteiger charge is 2.27. The van der Waals surface area contributed by atoms with Gasteiger partial charge in [0, 0.05) is 39.4 Å². The van der Waals surface area contributed by atoms with Gasteiger partial charge in [0.1, 0.15) is 0 Å². The summed E-state index contributed by atoms with van der Waals surface area (Å²) >= 11 is 0. The van der Waals surface area contributed by atoms with E-state index in [0.29, 0.717) is 16.9 Å². The van der Waals surface area contributed by atoms with Crippen molar-refractivity contribution in [3.63, 3.8) is 0 Å². The summed E-state index contributed by atoms with van der Waals surface area (Å²) in [5, 5.41) is 0. The molecule has 1 aliphatic rings. The maximum atomic E-state index is 12.0. The second kappa shape index (κ2) is 5.71. The van der Waals surface area contributed by atoms with Gasteiger partial charge in [-0.3, -0.25) is 0 Å². The molecule has 1 aliphatic carbocycles. The predicted molar refractivity (Wildman–Crippen MR) is 81.3 cm³/mol. The number of rotatable bonds is 5. The molecule has 112 valence electrons. The van der Waals surface area contributed by atoms with Gasteiger partial charge in [0.2, 0.25) is 10.0 Å². The van der Waals surface area contributed by atoms with E-state index in [1.165, 1.54) is 18.4 Å². The second-order valence-electron chi connectivity index (χ2n) is 5.76. The maximum Gasteiger partial charge on any atom is 0.242 e. The molecule has 0 radical (unpaired) electrons. The molecule has 2 N–H and O–H groups in total. The molecule has 0 atom stereocenters. The molecule has 1 aromatic rings. The molecule has 1 fully saturated rings. The van der Waals surface area contributed by atoms with Crippen LogP contribution in [0.15, 0.2) is 29.2 Å². The Morgan fingerprint density at radius 3 is 2.15 bits per heavy atom. The van der Waals surface area contributed by atoms with Crippen LogP contribution < -0.4 is 10.6 Å². The summed E-state index contributed by atoms with van der Waals surface area (Å²) in [6.07, 6.45) is 2.16. The molecule has 5 nitrogen and oxygen atoms in total. The number of benzene rings is 1. The third-order valence-corrected chi connectivity index (χ3v) is 5.69. The summed E-state index contributed by atoms with van der Waals surface area (Å²) in [5.74, 6) is 0.653. The number of nitrogens with two attached hydrogens (primary N) is 1. The molecule has 0 saturated heterocycles. The second-order valence-corrected chi connectivity index (χ2v) is 7.91. The van der Waals surface area contributed by atoms with Crippen molar-refractivity contribution in [3.05, 3.63) is 24.3 Å². The lowest BCUT2D eigenvalue weighted by Gasteiger charge is -2.36. The van der Waals surface area contributed by atoms with Crippen molar-refractivity contribution in [2.24, 2.45) is 11.7 Å². The number of anilines is 1. The molecule has 2 rings (SSSR count). The highest BCUT2D eigenvalue weighted by Crippen LogP contribution is 2.28. The van der Waals surface area contributed by atoms with Crippen LogP contribution in [-0.4, -0.2) is 46.5 Å². The standard InChI is InChI=1S/C14H23N3O2S/c1-16(2)20(18,19)14-6-4-13(5-7-14)17(3)10-11-8-12(15)9-11/h4-7,11-12H,8-10,15H2,1-3H3. The number of nitrogens with zero attached hydrogens (tertiary/aromatic N) is 2. The normalized spacial score (nSPS) is 22.6. The molecule has 0 amide bonds. The summed E-state index contributed by atoms with van der Waals surface area (Å²) in [7, 11) is 1.76. The van der Waals surface area contributed by atoms with Crippen LogP contribution in [0, 0.1) is 5.92 Å². The first kappa shape index (κ1) is 15.3. The van der Waals surface area contributed by atoms with Crippen molar-refractivity contribution in [1.82, 2.24) is 4.31 Å². The van der Waals surface area contributed by atoms with Crippen molar-refractivity contribution in [2.45, 2.75) is 23.8 Å². The summed E-state index contributed by atoms with van der Waals surface area (Å²) in [5.41, 5.74) is 6.82. The van der Waals surface area contributed by atoms with Gasteiger partial charge in [-0.25, -0.2) is 12.7 Å². The third-order valence-electron chi connectivity index (χ3n) is 3.86. The van der Waals surface area contributed by atoms with Crippen molar-refractivity contribution >= 4 is 15.7 Å². The first-order valence-electron chi connectivity index (χ1n) is 6.80. The predicted octanol–water partition coefficient (Wildman–Crippen LogP) is 1.11. The highest BCUT2D eigenvalue weighted by molar-refractivity contribution is 7.89. The zero-order chi connectivity index (χ0) is 14.9. The van der Waals surface area contributed by atoms with Crippen molar-refractivity contribution in [3.8, 4) is 0 Å². The van der Waals surface area contributed by atoms with Gasteiger partial charge in [-0.15, -0.1) is 0 Å². The quantitative estimate of drug-likeness (QED) is 0.884. The SMILES string of the molecule is CN(CC1CC(N)C1)c1ccc(S(=O)(=O)N(C)C)cc1. The van der Waals surface area contributed by atoms with E-state index >= 15 is 0 Å². The van der Waals surface area contributed by atoms with Crippen molar-refractivity contribution in [1.29, 1.82) is 0 Å². The molecule has 1 saturated carbocycles. The van der Waals surface area contributed by atoms with Crippen LogP contribution in [-0.2, 0) is 10.0 Å². The zero-order valence-electron chi connectivity index (χ0n) is 12.3. The fourth-order valence-corrected chi connectivity index (χ4v) is 3.41. The van der Waals surface area contributed by atoms with E-state index in [2.05, 4.69) is 4.90 Å². The minimum Gasteiger partial charge on any atom is -0.374 e. The zero-order valence-corrected chi connectivity index (χ0v) is 13.1. The van der Waals surface area contributed by atoms with E-state index < -0.39 is 10.0 Å². The molecule has 0 heterocycles. The van der Waals surface area contributed by atoms with Crippen LogP contribution in [0.4, 0.5) is 5.69 Å². The van der Waals surface area contributed by atoms with Crippen LogP contribution in [0.25, 0.3) is 0 Å². The smallest absolute Gasteiger partial charge is 0.242 e. The molecular formula is C14H23N3O2S. The molecular weight excluding hydrogens is 274 g/mol. The van der Waals surface area contributed by atoms with E-state index in [4.69, 9.17) is 5.73 Å². The lowest BCUT2D eigenvalue weighted by molar-refractivity contribution is 0.271. The summed E-state index contributed by atoms with van der Waals surface area (Å²) in [4.78, 5) is 2.48. The van der Waals surface area contributed by atoms with Gasteiger partial charge in [-0.05, 0) is 43.0 Å². The average molecular weight is 297 g/mol. The summed E-state index contributed by atoms with van der Waals surface area (Å²) in [6, 6.07) is 7.40. The first-order valence-corrected chi connectivity index (χ1v) is 8.24. The van der Waals surface area contributed by atoms with Gasteiger partial charge in [0.05, 0.1) is 4.90 Å². The van der Waals surface area contributed by atoms with Gasteiger partial charge in [-0.1, -0.05) is 0 Å². The Balaban J connectivity index is 2.04. The number of sulfonamides is 1. The molecule has 6 heteroatoms. The van der Waals surface area contributed by atoms with Crippen LogP contribution in [0.3, 0.4) is 0 Å². The van der Waals surface area contributed by atoms with E-state index in [9.17, 15) is 8.42 Å². The lowest BCUT2D eigenvalue weighted by atomic mass is 9.80. The molecule has 0 unspecified atom stereocenters. The van der Waals surface area contributed by atoms with E-state index in [-0.39, 0.29) is 0 Å². The van der Waals surface area contributed by atoms with Gasteiger partial charge in [0.25, 0.3) is 0 Å². The molecule has 0 bridgehead atoms. The average Bonchev–Trinajstić information content (AvgIpc) is 2.36. The van der Waals surface area contributed by atoms with E-state index in [1.807, 2.05) is 19.2 Å². The largest absolute Gasteiger partial charge is 0.374 e. The van der Waals surface area contributed by atoms with Crippen LogP contribution in [0.1, 0.15) is 12.8 Å². The first-order chi connectivity index (χ1) is 9.30. The topological polar surface area (TPSA) is 66.6 Å². The third kappa shape index (κ3) is 3.13. The Bertz CT molecular complexity index is 548. The fraction of sp³-hybridized carbons (Fsp3) is 0.571. The molecule has 20 heavy (non-hydrogen) atoms. The monoisotopic (exact) mass is 297 g/mol. The van der Waals surface area contributed by atoms with Gasteiger partial charge < -0.3 is 10.6 Å². The Hall–Kier alpha value is -1.11. The summed E-state index contributed by atoms with van der Waals surface area (Å²) in [6.45, 7) is 0.966. The lowest BCUT2D eigenvalue weighted by Crippen LogP contribution is -2.41. The number of hydrogen-bond acceptors (Lipinski definition) is 4. The van der Waals surface area contributed by atoms with Gasteiger partial charge in [0.15, 0.2) is 0 Å². The Kier molecular flexibility index (Phi) is 4.36. The minimum absolute atomic E-state index is 0.324. The minimum atomic E-state index is -3.34. The number of hydrogen-bond donors (Lipinski definition) is 1. The van der Waals surface area contributed by atoms with Gasteiger partial charge in [-0.2, -0.15) is 0 Å². The molecule has 0 spiro atoms. The maximum absolute atomic E-state index is 12.0. The highest BCUT2D eigenvalue weighted by atomic mass is 32.2. The van der Waals surface area contributed by atoms with Gasteiger partial charge >= 0.3 is 0 Å². The molecule has 0 aliphatic heterocycles. The Morgan fingerprint density at radius 2 is 1.70 bits per heavy atom. The van der Waals surface area contributed by atoms with E-state index in [0.717, 1.165) is 25.1 Å². The van der Waals surface area contributed by atoms with Crippen LogP contribution in [0.5, 0.6) is 0 Å². The van der Waals surface area contributed by atoms with E-state index in [1.54, 1.807) is 12.1 Å². The van der Waals surface area contributed by atoms with Crippen molar-refractivity contribution < 1.29 is 8.42 Å². The molecule has 1 aromatic carbocycles.